The summed E-state index contributed by atoms with van der Waals surface area (Å²) in [5.74, 6) is 0.301. The van der Waals surface area contributed by atoms with Crippen LogP contribution in [0.5, 0.6) is 5.75 Å². The van der Waals surface area contributed by atoms with Crippen LogP contribution in [0.1, 0.15) is 34.3 Å². The van der Waals surface area contributed by atoms with Crippen LogP contribution >= 0.6 is 0 Å². The molecule has 8 heteroatoms. The third-order valence-corrected chi connectivity index (χ3v) is 7.00. The molecule has 1 saturated heterocycles. The Hall–Kier alpha value is -2.42. The first-order valence-electron chi connectivity index (χ1n) is 9.91. The quantitative estimate of drug-likeness (QED) is 0.693. The van der Waals surface area contributed by atoms with Gasteiger partial charge in [0.05, 0.1) is 18.1 Å². The smallest absolute Gasteiger partial charge is 0.251 e. The van der Waals surface area contributed by atoms with E-state index in [-0.39, 0.29) is 23.5 Å². The van der Waals surface area contributed by atoms with E-state index in [1.807, 2.05) is 6.92 Å². The first-order valence-corrected chi connectivity index (χ1v) is 11.3. The molecule has 0 saturated carbocycles. The topological polar surface area (TPSA) is 84.9 Å². The maximum Gasteiger partial charge on any atom is 0.251 e. The number of sulfonamides is 1. The third kappa shape index (κ3) is 5.19. The average molecular weight is 433 g/mol. The van der Waals surface area contributed by atoms with Crippen molar-refractivity contribution < 1.29 is 22.7 Å². The van der Waals surface area contributed by atoms with Crippen LogP contribution in [0.2, 0.25) is 0 Å². The number of methoxy groups -OCH3 is 1. The van der Waals surface area contributed by atoms with Gasteiger partial charge in [-0.1, -0.05) is 17.7 Å². The summed E-state index contributed by atoms with van der Waals surface area (Å²) in [7, 11) is -0.642. The van der Waals surface area contributed by atoms with Gasteiger partial charge < -0.3 is 14.8 Å². The van der Waals surface area contributed by atoms with Crippen molar-refractivity contribution in [1.29, 1.82) is 0 Å². The molecule has 7 nitrogen and oxygen atoms in total. The van der Waals surface area contributed by atoms with Crippen LogP contribution in [0.4, 0.5) is 0 Å². The molecule has 1 aliphatic heterocycles. The molecule has 1 N–H and O–H groups in total. The Labute approximate surface area is 178 Å². The molecular weight excluding hydrogens is 404 g/mol. The molecule has 0 aromatic heterocycles. The molecule has 0 unspecified atom stereocenters. The molecule has 162 valence electrons. The van der Waals surface area contributed by atoms with E-state index in [4.69, 9.17) is 9.47 Å². The fourth-order valence-electron chi connectivity index (χ4n) is 3.37. The van der Waals surface area contributed by atoms with Crippen molar-refractivity contribution in [1.82, 2.24) is 9.62 Å². The predicted octanol–water partition coefficient (Wildman–Crippen LogP) is 2.73. The molecule has 1 amide bonds. The molecule has 2 aromatic rings. The Bertz CT molecular complexity index is 983. The van der Waals surface area contributed by atoms with Crippen molar-refractivity contribution in [2.45, 2.75) is 37.3 Å². The van der Waals surface area contributed by atoms with Crippen LogP contribution in [-0.2, 0) is 21.3 Å². The van der Waals surface area contributed by atoms with Gasteiger partial charge in [-0.15, -0.1) is 0 Å². The van der Waals surface area contributed by atoms with Crippen LogP contribution in [0.15, 0.2) is 47.4 Å². The van der Waals surface area contributed by atoms with E-state index in [9.17, 15) is 13.2 Å². The summed E-state index contributed by atoms with van der Waals surface area (Å²) < 4.78 is 38.0. The van der Waals surface area contributed by atoms with Gasteiger partial charge in [0, 0.05) is 37.9 Å². The third-order valence-electron chi connectivity index (χ3n) is 5.18. The number of nitrogens with zero attached hydrogens (tertiary/aromatic N) is 1. The molecule has 0 radical (unpaired) electrons. The average Bonchev–Trinajstić information content (AvgIpc) is 3.26. The first-order chi connectivity index (χ1) is 14.3. The molecule has 1 heterocycles. The number of aryl methyl sites for hydroxylation is 1. The molecule has 0 spiro atoms. The van der Waals surface area contributed by atoms with E-state index in [0.717, 1.165) is 25.0 Å². The van der Waals surface area contributed by atoms with E-state index in [2.05, 4.69) is 5.32 Å². The summed E-state index contributed by atoms with van der Waals surface area (Å²) in [6, 6.07) is 11.7. The summed E-state index contributed by atoms with van der Waals surface area (Å²) >= 11 is 0. The lowest BCUT2D eigenvalue weighted by atomic mass is 10.1. The highest BCUT2D eigenvalue weighted by Gasteiger charge is 2.23. The second-order valence-corrected chi connectivity index (χ2v) is 9.49. The van der Waals surface area contributed by atoms with Crippen molar-refractivity contribution >= 4 is 15.9 Å². The maximum absolute atomic E-state index is 12.9. The highest BCUT2D eigenvalue weighted by atomic mass is 32.2. The predicted molar refractivity (Wildman–Crippen MR) is 114 cm³/mol. The second kappa shape index (κ2) is 9.59. The minimum Gasteiger partial charge on any atom is -0.496 e. The number of carbonyl (C=O) groups excluding carboxylic acids is 1. The van der Waals surface area contributed by atoms with E-state index in [1.165, 1.54) is 18.5 Å². The molecule has 1 atom stereocenters. The summed E-state index contributed by atoms with van der Waals surface area (Å²) in [6.45, 7) is 3.17. The van der Waals surface area contributed by atoms with Crippen molar-refractivity contribution in [2.75, 3.05) is 27.3 Å². The Kier molecular flexibility index (Phi) is 7.12. The van der Waals surface area contributed by atoms with Gasteiger partial charge in [-0.3, -0.25) is 4.79 Å². The van der Waals surface area contributed by atoms with Crippen molar-refractivity contribution in [3.05, 3.63) is 59.2 Å². The highest BCUT2D eigenvalue weighted by molar-refractivity contribution is 7.89. The lowest BCUT2D eigenvalue weighted by molar-refractivity contribution is 0.0857. The van der Waals surface area contributed by atoms with Gasteiger partial charge in [-0.2, -0.15) is 4.31 Å². The van der Waals surface area contributed by atoms with Crippen molar-refractivity contribution in [3.8, 4) is 5.75 Å². The van der Waals surface area contributed by atoms with Gasteiger partial charge in [-0.05, 0) is 50.1 Å². The molecule has 0 aliphatic carbocycles. The number of ether oxygens (including phenoxy) is 2. The largest absolute Gasteiger partial charge is 0.496 e. The van der Waals surface area contributed by atoms with Crippen LogP contribution in [-0.4, -0.2) is 52.0 Å². The van der Waals surface area contributed by atoms with Gasteiger partial charge >= 0.3 is 0 Å². The number of benzene rings is 2. The lowest BCUT2D eigenvalue weighted by Crippen LogP contribution is -2.32. The minimum absolute atomic E-state index is 0.0532. The fraction of sp³-hybridized carbons (Fsp3) is 0.409. The number of hydrogen-bond donors (Lipinski definition) is 1. The maximum atomic E-state index is 12.9. The number of amides is 1. The van der Waals surface area contributed by atoms with E-state index >= 15 is 0 Å². The van der Waals surface area contributed by atoms with E-state index < -0.39 is 10.0 Å². The fourth-order valence-corrected chi connectivity index (χ4v) is 4.52. The summed E-state index contributed by atoms with van der Waals surface area (Å²) in [6.07, 6.45) is 2.00. The molecule has 30 heavy (non-hydrogen) atoms. The van der Waals surface area contributed by atoms with Gasteiger partial charge in [0.15, 0.2) is 0 Å². The molecule has 1 aliphatic rings. The van der Waals surface area contributed by atoms with Crippen LogP contribution in [0, 0.1) is 6.92 Å². The van der Waals surface area contributed by atoms with Gasteiger partial charge in [0.25, 0.3) is 5.91 Å². The Morgan fingerprint density at radius 2 is 1.97 bits per heavy atom. The van der Waals surface area contributed by atoms with Crippen molar-refractivity contribution in [3.63, 3.8) is 0 Å². The Morgan fingerprint density at radius 3 is 2.60 bits per heavy atom. The number of carbonyl (C=O) groups is 1. The van der Waals surface area contributed by atoms with Gasteiger partial charge in [0.2, 0.25) is 10.0 Å². The SMILES string of the molecule is COc1ccc(C(=O)NC[C@H]2CCCO2)cc1CN(C)S(=O)(=O)c1ccc(C)cc1. The Morgan fingerprint density at radius 1 is 1.23 bits per heavy atom. The van der Waals surface area contributed by atoms with Crippen molar-refractivity contribution in [2.24, 2.45) is 0 Å². The van der Waals surface area contributed by atoms with Crippen LogP contribution < -0.4 is 10.1 Å². The molecule has 2 aromatic carbocycles. The molecular formula is C22H28N2O5S. The zero-order valence-corrected chi connectivity index (χ0v) is 18.4. The van der Waals surface area contributed by atoms with Gasteiger partial charge in [-0.25, -0.2) is 8.42 Å². The number of hydrogen-bond acceptors (Lipinski definition) is 5. The second-order valence-electron chi connectivity index (χ2n) is 7.45. The minimum atomic E-state index is -3.67. The monoisotopic (exact) mass is 432 g/mol. The van der Waals surface area contributed by atoms with Gasteiger partial charge in [0.1, 0.15) is 5.75 Å². The zero-order valence-electron chi connectivity index (χ0n) is 17.6. The molecule has 0 bridgehead atoms. The summed E-state index contributed by atoms with van der Waals surface area (Å²) in [5.41, 5.74) is 2.05. The van der Waals surface area contributed by atoms with Crippen LogP contribution in [0.25, 0.3) is 0 Å². The van der Waals surface area contributed by atoms with Crippen LogP contribution in [0.3, 0.4) is 0 Å². The number of rotatable bonds is 8. The molecule has 1 fully saturated rings. The lowest BCUT2D eigenvalue weighted by Gasteiger charge is -2.19. The zero-order chi connectivity index (χ0) is 21.7. The summed E-state index contributed by atoms with van der Waals surface area (Å²) in [4.78, 5) is 12.8. The highest BCUT2D eigenvalue weighted by Crippen LogP contribution is 2.24. The standard InChI is InChI=1S/C22H28N2O5S/c1-16-6-9-20(10-7-16)30(26,27)24(2)15-18-13-17(8-11-21(18)28-3)22(25)23-14-19-5-4-12-29-19/h6-11,13,19H,4-5,12,14-15H2,1-3H3,(H,23,25)/t19-/m1/s1. The Balaban J connectivity index is 1.75. The summed E-state index contributed by atoms with van der Waals surface area (Å²) in [5, 5.41) is 2.88. The normalized spacial score (nSPS) is 16.6. The number of nitrogens with one attached hydrogen (secondary N) is 1. The van der Waals surface area contributed by atoms with E-state index in [0.29, 0.717) is 23.4 Å². The molecule has 3 rings (SSSR count). The van der Waals surface area contributed by atoms with E-state index in [1.54, 1.807) is 42.5 Å². The first kappa shape index (κ1) is 22.3.